The van der Waals surface area contributed by atoms with Gasteiger partial charge in [-0.1, -0.05) is 52.3 Å². The molecule has 0 bridgehead atoms. The summed E-state index contributed by atoms with van der Waals surface area (Å²) in [7, 11) is 3.78. The maximum absolute atomic E-state index is 6.01. The number of likely N-dealkylation sites (N-methyl/N-ethyl adjacent to an activating group) is 1. The first kappa shape index (κ1) is 16.0. The van der Waals surface area contributed by atoms with Crippen LogP contribution in [0.1, 0.15) is 17.2 Å². The van der Waals surface area contributed by atoms with Gasteiger partial charge in [0.1, 0.15) is 5.75 Å². The molecule has 2 rings (SSSR count). The fraction of sp³-hybridized carbons (Fsp3) is 0.294. The topological polar surface area (TPSA) is 38.5 Å². The number of methoxy groups -OCH3 is 1. The Bertz CT molecular complexity index is 589. The normalized spacial score (nSPS) is 12.4. The lowest BCUT2D eigenvalue weighted by Crippen LogP contribution is -2.30. The first-order valence-electron chi connectivity index (χ1n) is 6.94. The van der Waals surface area contributed by atoms with Crippen molar-refractivity contribution in [1.29, 1.82) is 0 Å². The van der Waals surface area contributed by atoms with Gasteiger partial charge in [-0.2, -0.15) is 0 Å². The second-order valence-electron chi connectivity index (χ2n) is 5.00. The minimum absolute atomic E-state index is 0.119. The summed E-state index contributed by atoms with van der Waals surface area (Å²) >= 11 is 3.60. The monoisotopic (exact) mass is 348 g/mol. The zero-order valence-electron chi connectivity index (χ0n) is 12.4. The molecule has 4 heteroatoms. The van der Waals surface area contributed by atoms with E-state index < -0.39 is 0 Å². The van der Waals surface area contributed by atoms with Gasteiger partial charge in [-0.05, 0) is 24.7 Å². The van der Waals surface area contributed by atoms with Crippen LogP contribution < -0.4 is 10.5 Å². The number of hydrogen-bond acceptors (Lipinski definition) is 3. The number of nitrogens with two attached hydrogens (primary N) is 1. The molecule has 112 valence electrons. The predicted octanol–water partition coefficient (Wildman–Crippen LogP) is 3.59. The van der Waals surface area contributed by atoms with E-state index in [0.29, 0.717) is 6.54 Å². The molecular formula is C17H21BrN2O. The Kier molecular flexibility index (Phi) is 5.79. The average molecular weight is 349 g/mol. The molecule has 21 heavy (non-hydrogen) atoms. The van der Waals surface area contributed by atoms with Gasteiger partial charge in [-0.15, -0.1) is 0 Å². The van der Waals surface area contributed by atoms with Crippen molar-refractivity contribution in [3.63, 3.8) is 0 Å². The van der Waals surface area contributed by atoms with Crippen molar-refractivity contribution in [2.24, 2.45) is 5.73 Å². The molecule has 0 saturated carbocycles. The Labute approximate surface area is 134 Å². The average Bonchev–Trinajstić information content (AvgIpc) is 2.51. The minimum Gasteiger partial charge on any atom is -0.496 e. The van der Waals surface area contributed by atoms with Crippen molar-refractivity contribution in [2.75, 3.05) is 20.7 Å². The first-order chi connectivity index (χ1) is 10.2. The molecule has 0 fully saturated rings. The summed E-state index contributed by atoms with van der Waals surface area (Å²) in [5.74, 6) is 0.881. The van der Waals surface area contributed by atoms with Crippen LogP contribution in [0.4, 0.5) is 0 Å². The second-order valence-corrected chi connectivity index (χ2v) is 5.85. The highest BCUT2D eigenvalue weighted by Crippen LogP contribution is 2.29. The van der Waals surface area contributed by atoms with E-state index in [4.69, 9.17) is 10.5 Å². The molecule has 1 atom stereocenters. The van der Waals surface area contributed by atoms with Crippen LogP contribution in [0.2, 0.25) is 0 Å². The smallest absolute Gasteiger partial charge is 0.123 e. The van der Waals surface area contributed by atoms with Gasteiger partial charge < -0.3 is 10.5 Å². The van der Waals surface area contributed by atoms with Crippen LogP contribution in [-0.2, 0) is 6.54 Å². The number of rotatable bonds is 6. The van der Waals surface area contributed by atoms with Crippen molar-refractivity contribution < 1.29 is 4.74 Å². The van der Waals surface area contributed by atoms with E-state index in [-0.39, 0.29) is 6.04 Å². The summed E-state index contributed by atoms with van der Waals surface area (Å²) in [6.07, 6.45) is 0. The molecule has 0 heterocycles. The maximum Gasteiger partial charge on any atom is 0.123 e. The Hall–Kier alpha value is -1.36. The van der Waals surface area contributed by atoms with Crippen LogP contribution in [0, 0.1) is 0 Å². The second kappa shape index (κ2) is 7.59. The van der Waals surface area contributed by atoms with Gasteiger partial charge in [-0.3, -0.25) is 4.90 Å². The van der Waals surface area contributed by atoms with E-state index in [1.54, 1.807) is 7.11 Å². The van der Waals surface area contributed by atoms with Crippen molar-refractivity contribution >= 4 is 15.9 Å². The molecule has 0 radical (unpaired) electrons. The zero-order valence-corrected chi connectivity index (χ0v) is 14.0. The van der Waals surface area contributed by atoms with Crippen LogP contribution in [0.25, 0.3) is 0 Å². The lowest BCUT2D eigenvalue weighted by Gasteiger charge is -2.28. The third-order valence-electron chi connectivity index (χ3n) is 3.63. The Balaban J connectivity index is 2.23. The molecule has 0 amide bonds. The highest BCUT2D eigenvalue weighted by Gasteiger charge is 2.19. The van der Waals surface area contributed by atoms with Gasteiger partial charge in [0.25, 0.3) is 0 Å². The van der Waals surface area contributed by atoms with Gasteiger partial charge in [0.15, 0.2) is 0 Å². The van der Waals surface area contributed by atoms with Gasteiger partial charge in [-0.25, -0.2) is 0 Å². The highest BCUT2D eigenvalue weighted by molar-refractivity contribution is 9.10. The number of halogens is 1. The highest BCUT2D eigenvalue weighted by atomic mass is 79.9. The third-order valence-corrected chi connectivity index (χ3v) is 4.40. The predicted molar refractivity (Wildman–Crippen MR) is 90.4 cm³/mol. The zero-order chi connectivity index (χ0) is 15.2. The summed E-state index contributed by atoms with van der Waals surface area (Å²) in [5, 5.41) is 0. The lowest BCUT2D eigenvalue weighted by atomic mass is 10.0. The molecule has 1 unspecified atom stereocenters. The van der Waals surface area contributed by atoms with E-state index >= 15 is 0 Å². The molecule has 0 saturated heterocycles. The molecule has 3 nitrogen and oxygen atoms in total. The largest absolute Gasteiger partial charge is 0.496 e. The lowest BCUT2D eigenvalue weighted by molar-refractivity contribution is 0.235. The molecule has 0 aliphatic heterocycles. The van der Waals surface area contributed by atoms with Crippen molar-refractivity contribution in [3.8, 4) is 5.75 Å². The number of hydrogen-bond donors (Lipinski definition) is 1. The Morgan fingerprint density at radius 2 is 1.81 bits per heavy atom. The Morgan fingerprint density at radius 1 is 1.14 bits per heavy atom. The van der Waals surface area contributed by atoms with Crippen LogP contribution in [0.3, 0.4) is 0 Å². The molecule has 0 aliphatic carbocycles. The molecule has 2 aromatic carbocycles. The SMILES string of the molecule is COc1ccccc1C(CN)N(C)Cc1ccccc1Br. The van der Waals surface area contributed by atoms with Gasteiger partial charge in [0, 0.05) is 23.1 Å². The van der Waals surface area contributed by atoms with Crippen LogP contribution in [-0.4, -0.2) is 25.6 Å². The maximum atomic E-state index is 6.01. The van der Waals surface area contributed by atoms with Crippen molar-refractivity contribution in [3.05, 3.63) is 64.1 Å². The molecule has 0 spiro atoms. The number of para-hydroxylation sites is 1. The van der Waals surface area contributed by atoms with Gasteiger partial charge in [0.05, 0.1) is 13.2 Å². The number of benzene rings is 2. The minimum atomic E-state index is 0.119. The van der Waals surface area contributed by atoms with E-state index in [2.05, 4.69) is 52.1 Å². The van der Waals surface area contributed by atoms with Crippen LogP contribution in [0.5, 0.6) is 5.75 Å². The molecule has 0 aromatic heterocycles. The molecular weight excluding hydrogens is 328 g/mol. The van der Waals surface area contributed by atoms with Crippen LogP contribution in [0.15, 0.2) is 53.0 Å². The fourth-order valence-corrected chi connectivity index (χ4v) is 2.90. The van der Waals surface area contributed by atoms with Gasteiger partial charge >= 0.3 is 0 Å². The summed E-state index contributed by atoms with van der Waals surface area (Å²) < 4.78 is 6.58. The number of ether oxygens (including phenoxy) is 1. The van der Waals surface area contributed by atoms with Crippen molar-refractivity contribution in [1.82, 2.24) is 4.90 Å². The van der Waals surface area contributed by atoms with E-state index in [1.807, 2.05) is 24.3 Å². The summed E-state index contributed by atoms with van der Waals surface area (Å²) in [5.41, 5.74) is 8.38. The van der Waals surface area contributed by atoms with E-state index in [1.165, 1.54) is 5.56 Å². The third kappa shape index (κ3) is 3.84. The quantitative estimate of drug-likeness (QED) is 0.866. The molecule has 0 aliphatic rings. The van der Waals surface area contributed by atoms with Crippen LogP contribution >= 0.6 is 15.9 Å². The summed E-state index contributed by atoms with van der Waals surface area (Å²) in [4.78, 5) is 2.25. The summed E-state index contributed by atoms with van der Waals surface area (Å²) in [6.45, 7) is 1.36. The number of nitrogens with zero attached hydrogens (tertiary/aromatic N) is 1. The first-order valence-corrected chi connectivity index (χ1v) is 7.73. The summed E-state index contributed by atoms with van der Waals surface area (Å²) in [6, 6.07) is 16.4. The van der Waals surface area contributed by atoms with E-state index in [9.17, 15) is 0 Å². The Morgan fingerprint density at radius 3 is 2.48 bits per heavy atom. The standard InChI is InChI=1S/C17H21BrN2O/c1-20(12-13-7-3-5-9-15(13)18)16(11-19)14-8-4-6-10-17(14)21-2/h3-10,16H,11-12,19H2,1-2H3. The van der Waals surface area contributed by atoms with Crippen molar-refractivity contribution in [2.45, 2.75) is 12.6 Å². The molecule has 2 aromatic rings. The fourth-order valence-electron chi connectivity index (χ4n) is 2.49. The van der Waals surface area contributed by atoms with Gasteiger partial charge in [0.2, 0.25) is 0 Å². The molecule has 2 N–H and O–H groups in total. The van der Waals surface area contributed by atoms with E-state index in [0.717, 1.165) is 22.3 Å².